The molecule has 114 valence electrons. The topological polar surface area (TPSA) is 51.1 Å². The Labute approximate surface area is 130 Å². The highest BCUT2D eigenvalue weighted by molar-refractivity contribution is 5.72. The summed E-state index contributed by atoms with van der Waals surface area (Å²) in [4.78, 5) is 4.01. The molecule has 4 nitrogen and oxygen atoms in total. The van der Waals surface area contributed by atoms with Crippen molar-refractivity contribution in [2.24, 2.45) is 4.99 Å². The fraction of sp³-hybridized carbons (Fsp3) is 0.167. The Morgan fingerprint density at radius 2 is 2.00 bits per heavy atom. The molecule has 22 heavy (non-hydrogen) atoms. The summed E-state index contributed by atoms with van der Waals surface area (Å²) in [6.45, 7) is 3.58. The lowest BCUT2D eigenvalue weighted by Crippen LogP contribution is -1.91. The number of phenolic OH excluding ortho intramolecular Hbond substituents is 1. The number of aliphatic imine (C=N–C) groups is 1. The molecule has 0 spiro atoms. The van der Waals surface area contributed by atoms with Crippen LogP contribution >= 0.6 is 0 Å². The van der Waals surface area contributed by atoms with Crippen molar-refractivity contribution in [3.63, 3.8) is 0 Å². The van der Waals surface area contributed by atoms with Crippen molar-refractivity contribution in [2.75, 3.05) is 14.2 Å². The summed E-state index contributed by atoms with van der Waals surface area (Å²) in [6, 6.07) is 12.9. The predicted octanol–water partition coefficient (Wildman–Crippen LogP) is 3.96. The summed E-state index contributed by atoms with van der Waals surface area (Å²) in [7, 11) is 3.16. The van der Waals surface area contributed by atoms with E-state index in [1.54, 1.807) is 19.2 Å². The van der Waals surface area contributed by atoms with Crippen LogP contribution in [0.25, 0.3) is 5.76 Å². The first kappa shape index (κ1) is 15.6. The van der Waals surface area contributed by atoms with Crippen molar-refractivity contribution in [1.82, 2.24) is 0 Å². The minimum absolute atomic E-state index is 0.128. The van der Waals surface area contributed by atoms with Crippen LogP contribution in [0, 0.1) is 0 Å². The maximum atomic E-state index is 9.62. The number of allylic oxidation sites excluding steroid dienone is 1. The Hall–Kier alpha value is -2.75. The normalized spacial score (nSPS) is 11.1. The van der Waals surface area contributed by atoms with Crippen molar-refractivity contribution in [3.05, 3.63) is 59.7 Å². The van der Waals surface area contributed by atoms with Gasteiger partial charge >= 0.3 is 0 Å². The minimum atomic E-state index is 0.128. The molecule has 0 bridgehead atoms. The average molecular weight is 297 g/mol. The summed E-state index contributed by atoms with van der Waals surface area (Å²) < 4.78 is 10.6. The molecular formula is C18H19NO3. The van der Waals surface area contributed by atoms with E-state index in [2.05, 4.69) is 11.7 Å². The van der Waals surface area contributed by atoms with Gasteiger partial charge in [0.05, 0.1) is 19.9 Å². The second kappa shape index (κ2) is 7.31. The van der Waals surface area contributed by atoms with E-state index in [1.807, 2.05) is 36.4 Å². The maximum Gasteiger partial charge on any atom is 0.160 e. The zero-order chi connectivity index (χ0) is 15.9. The van der Waals surface area contributed by atoms with Crippen molar-refractivity contribution in [3.8, 4) is 11.5 Å². The zero-order valence-corrected chi connectivity index (χ0v) is 12.7. The number of para-hydroxylation sites is 1. The molecule has 2 rings (SSSR count). The molecule has 0 saturated carbocycles. The summed E-state index contributed by atoms with van der Waals surface area (Å²) in [5.74, 6) is 1.32. The molecule has 0 radical (unpaired) electrons. The third-order valence-electron chi connectivity index (χ3n) is 3.33. The van der Waals surface area contributed by atoms with E-state index >= 15 is 0 Å². The molecule has 2 aromatic rings. The number of rotatable bonds is 6. The Morgan fingerprint density at radius 1 is 1.23 bits per heavy atom. The molecule has 0 heterocycles. The van der Waals surface area contributed by atoms with Crippen LogP contribution in [0.2, 0.25) is 0 Å². The van der Waals surface area contributed by atoms with Gasteiger partial charge in [-0.05, 0) is 49.0 Å². The Morgan fingerprint density at radius 3 is 2.68 bits per heavy atom. The highest BCUT2D eigenvalue weighted by Crippen LogP contribution is 2.29. The SMILES string of the molecule is C=Nc1ccccc1/C(=C\Cc1ccc(O)c(OC)c1)OC. The van der Waals surface area contributed by atoms with E-state index < -0.39 is 0 Å². The molecule has 0 aliphatic carbocycles. The monoisotopic (exact) mass is 297 g/mol. The van der Waals surface area contributed by atoms with Gasteiger partial charge in [-0.1, -0.05) is 18.2 Å². The summed E-state index contributed by atoms with van der Waals surface area (Å²) in [6.07, 6.45) is 2.61. The van der Waals surface area contributed by atoms with Crippen molar-refractivity contribution < 1.29 is 14.6 Å². The third kappa shape index (κ3) is 3.47. The van der Waals surface area contributed by atoms with Gasteiger partial charge in [0.15, 0.2) is 11.5 Å². The largest absolute Gasteiger partial charge is 0.504 e. The average Bonchev–Trinajstić information content (AvgIpc) is 2.57. The molecule has 0 aliphatic rings. The van der Waals surface area contributed by atoms with Gasteiger partial charge in [-0.25, -0.2) is 0 Å². The number of aromatic hydroxyl groups is 1. The van der Waals surface area contributed by atoms with Crippen LogP contribution in [0.4, 0.5) is 5.69 Å². The number of methoxy groups -OCH3 is 2. The minimum Gasteiger partial charge on any atom is -0.504 e. The number of phenols is 1. The second-order valence-electron chi connectivity index (χ2n) is 4.66. The number of ether oxygens (including phenoxy) is 2. The first-order valence-corrected chi connectivity index (χ1v) is 6.85. The smallest absolute Gasteiger partial charge is 0.160 e. The zero-order valence-electron chi connectivity index (χ0n) is 12.7. The third-order valence-corrected chi connectivity index (χ3v) is 3.33. The summed E-state index contributed by atoms with van der Waals surface area (Å²) >= 11 is 0. The second-order valence-corrected chi connectivity index (χ2v) is 4.66. The number of hydrogen-bond acceptors (Lipinski definition) is 4. The maximum absolute atomic E-state index is 9.62. The lowest BCUT2D eigenvalue weighted by molar-refractivity contribution is 0.369. The van der Waals surface area contributed by atoms with Crippen molar-refractivity contribution in [1.29, 1.82) is 0 Å². The van der Waals surface area contributed by atoms with Gasteiger partial charge in [0.25, 0.3) is 0 Å². The summed E-state index contributed by atoms with van der Waals surface area (Å²) in [5, 5.41) is 9.62. The van der Waals surface area contributed by atoms with Crippen LogP contribution in [0.3, 0.4) is 0 Å². The number of benzene rings is 2. The first-order chi connectivity index (χ1) is 10.7. The lowest BCUT2D eigenvalue weighted by Gasteiger charge is -2.10. The van der Waals surface area contributed by atoms with E-state index in [4.69, 9.17) is 9.47 Å². The fourth-order valence-electron chi connectivity index (χ4n) is 2.18. The molecule has 0 aliphatic heterocycles. The Bertz CT molecular complexity index is 692. The molecule has 0 saturated heterocycles. The first-order valence-electron chi connectivity index (χ1n) is 6.85. The highest BCUT2D eigenvalue weighted by atomic mass is 16.5. The number of hydrogen-bond donors (Lipinski definition) is 1. The molecular weight excluding hydrogens is 278 g/mol. The van der Waals surface area contributed by atoms with Gasteiger partial charge in [0.1, 0.15) is 5.76 Å². The number of nitrogens with zero attached hydrogens (tertiary/aromatic N) is 1. The highest BCUT2D eigenvalue weighted by Gasteiger charge is 2.07. The van der Waals surface area contributed by atoms with E-state index in [0.29, 0.717) is 12.2 Å². The molecule has 0 unspecified atom stereocenters. The molecule has 4 heteroatoms. The van der Waals surface area contributed by atoms with Crippen molar-refractivity contribution >= 4 is 18.2 Å². The van der Waals surface area contributed by atoms with Crippen LogP contribution in [-0.4, -0.2) is 26.0 Å². The van der Waals surface area contributed by atoms with Gasteiger partial charge in [0.2, 0.25) is 0 Å². The van der Waals surface area contributed by atoms with Crippen molar-refractivity contribution in [2.45, 2.75) is 6.42 Å². The Kier molecular flexibility index (Phi) is 5.20. The van der Waals surface area contributed by atoms with Crippen LogP contribution in [0.15, 0.2) is 53.5 Å². The van der Waals surface area contributed by atoms with Gasteiger partial charge in [-0.2, -0.15) is 0 Å². The van der Waals surface area contributed by atoms with E-state index in [0.717, 1.165) is 22.6 Å². The van der Waals surface area contributed by atoms with Gasteiger partial charge in [0, 0.05) is 5.56 Å². The molecule has 0 atom stereocenters. The van der Waals surface area contributed by atoms with Crippen LogP contribution in [-0.2, 0) is 11.2 Å². The van der Waals surface area contributed by atoms with E-state index in [-0.39, 0.29) is 5.75 Å². The van der Waals surface area contributed by atoms with Gasteiger partial charge in [-0.3, -0.25) is 4.99 Å². The van der Waals surface area contributed by atoms with Crippen LogP contribution in [0.1, 0.15) is 11.1 Å². The molecule has 0 amide bonds. The predicted molar refractivity (Wildman–Crippen MR) is 89.0 cm³/mol. The van der Waals surface area contributed by atoms with E-state index in [9.17, 15) is 5.11 Å². The van der Waals surface area contributed by atoms with Crippen LogP contribution in [0.5, 0.6) is 11.5 Å². The van der Waals surface area contributed by atoms with Crippen LogP contribution < -0.4 is 4.74 Å². The molecule has 0 fully saturated rings. The molecule has 1 N–H and O–H groups in total. The molecule has 2 aromatic carbocycles. The van der Waals surface area contributed by atoms with Gasteiger partial charge in [-0.15, -0.1) is 0 Å². The Balaban J connectivity index is 2.28. The lowest BCUT2D eigenvalue weighted by atomic mass is 10.1. The quantitative estimate of drug-likeness (QED) is 0.648. The molecule has 0 aromatic heterocycles. The fourth-order valence-corrected chi connectivity index (χ4v) is 2.18. The van der Waals surface area contributed by atoms with Gasteiger partial charge < -0.3 is 14.6 Å². The van der Waals surface area contributed by atoms with E-state index in [1.165, 1.54) is 7.11 Å². The standard InChI is InChI=1S/C18H19NO3/c1-19-15-7-5-4-6-14(15)17(21-2)11-9-13-8-10-16(20)18(12-13)22-3/h4-8,10-12,20H,1,9H2,2-3H3/b17-11+. The summed E-state index contributed by atoms with van der Waals surface area (Å²) in [5.41, 5.74) is 2.68.